The fraction of sp³-hybridized carbons (Fsp3) is 0.455. The van der Waals surface area contributed by atoms with Crippen molar-refractivity contribution in [3.8, 4) is 11.6 Å². The fourth-order valence-electron chi connectivity index (χ4n) is 1.50. The SMILES string of the molecule is CCCOCn1nc(-c2ncc(Br)cn2)nc1S(C)(=O)=O. The van der Waals surface area contributed by atoms with E-state index in [1.54, 1.807) is 0 Å². The highest BCUT2D eigenvalue weighted by Gasteiger charge is 2.21. The second-order valence-corrected chi connectivity index (χ2v) is 7.08. The zero-order chi connectivity index (χ0) is 15.5. The molecule has 21 heavy (non-hydrogen) atoms. The zero-order valence-electron chi connectivity index (χ0n) is 11.5. The maximum absolute atomic E-state index is 11.8. The predicted octanol–water partition coefficient (Wildman–Crippen LogP) is 1.29. The Hall–Kier alpha value is -1.39. The van der Waals surface area contributed by atoms with E-state index in [4.69, 9.17) is 4.74 Å². The Balaban J connectivity index is 2.38. The third kappa shape index (κ3) is 4.05. The van der Waals surface area contributed by atoms with Gasteiger partial charge < -0.3 is 4.74 Å². The molecule has 2 aromatic rings. The maximum Gasteiger partial charge on any atom is 0.248 e. The van der Waals surface area contributed by atoms with E-state index in [9.17, 15) is 8.42 Å². The topological polar surface area (TPSA) is 99.9 Å². The van der Waals surface area contributed by atoms with Crippen LogP contribution in [0.25, 0.3) is 11.6 Å². The van der Waals surface area contributed by atoms with Gasteiger partial charge in [0.05, 0.1) is 4.47 Å². The van der Waals surface area contributed by atoms with Crippen LogP contribution < -0.4 is 0 Å². The summed E-state index contributed by atoms with van der Waals surface area (Å²) in [6.45, 7) is 2.48. The van der Waals surface area contributed by atoms with E-state index in [0.29, 0.717) is 11.1 Å². The minimum atomic E-state index is -3.52. The van der Waals surface area contributed by atoms with Gasteiger partial charge in [0.2, 0.25) is 20.8 Å². The van der Waals surface area contributed by atoms with E-state index >= 15 is 0 Å². The largest absolute Gasteiger partial charge is 0.359 e. The van der Waals surface area contributed by atoms with Crippen LogP contribution in [-0.4, -0.2) is 46.0 Å². The molecule has 0 atom stereocenters. The van der Waals surface area contributed by atoms with Crippen molar-refractivity contribution in [2.75, 3.05) is 12.9 Å². The minimum Gasteiger partial charge on any atom is -0.359 e. The molecular weight excluding hydrogens is 362 g/mol. The predicted molar refractivity (Wildman–Crippen MR) is 78.1 cm³/mol. The van der Waals surface area contributed by atoms with E-state index in [-0.39, 0.29) is 23.5 Å². The molecule has 0 unspecified atom stereocenters. The van der Waals surface area contributed by atoms with Gasteiger partial charge in [-0.3, -0.25) is 0 Å². The van der Waals surface area contributed by atoms with E-state index in [1.807, 2.05) is 6.92 Å². The maximum atomic E-state index is 11.8. The van der Waals surface area contributed by atoms with Gasteiger partial charge in [-0.25, -0.2) is 23.1 Å². The molecule has 0 saturated heterocycles. The number of ether oxygens (including phenoxy) is 1. The van der Waals surface area contributed by atoms with Crippen molar-refractivity contribution in [2.45, 2.75) is 25.2 Å². The summed E-state index contributed by atoms with van der Waals surface area (Å²) >= 11 is 3.22. The van der Waals surface area contributed by atoms with Crippen LogP contribution in [0.3, 0.4) is 0 Å². The molecule has 0 saturated carbocycles. The van der Waals surface area contributed by atoms with Crippen molar-refractivity contribution >= 4 is 25.8 Å². The molecule has 0 radical (unpaired) electrons. The van der Waals surface area contributed by atoms with Crippen LogP contribution in [-0.2, 0) is 21.3 Å². The van der Waals surface area contributed by atoms with Gasteiger partial charge in [0, 0.05) is 25.3 Å². The van der Waals surface area contributed by atoms with E-state index in [1.165, 1.54) is 17.1 Å². The molecule has 0 aliphatic heterocycles. The summed E-state index contributed by atoms with van der Waals surface area (Å²) in [7, 11) is -3.52. The van der Waals surface area contributed by atoms with Gasteiger partial charge >= 0.3 is 0 Å². The number of sulfone groups is 1. The summed E-state index contributed by atoms with van der Waals surface area (Å²) in [6, 6.07) is 0. The van der Waals surface area contributed by atoms with Crippen LogP contribution in [0.5, 0.6) is 0 Å². The minimum absolute atomic E-state index is 0.0137. The van der Waals surface area contributed by atoms with E-state index in [2.05, 4.69) is 36.0 Å². The average Bonchev–Trinajstić information content (AvgIpc) is 2.84. The third-order valence-corrected chi connectivity index (χ3v) is 3.73. The lowest BCUT2D eigenvalue weighted by atomic mass is 10.5. The van der Waals surface area contributed by atoms with Gasteiger partial charge in [-0.05, 0) is 22.4 Å². The molecule has 2 aromatic heterocycles. The first kappa shape index (κ1) is 16.0. The molecular formula is C11H14BrN5O3S. The van der Waals surface area contributed by atoms with E-state index in [0.717, 1.165) is 12.7 Å². The molecule has 0 bridgehead atoms. The standard InChI is InChI=1S/C11H14BrN5O3S/c1-3-4-20-7-17-11(21(2,18)19)15-10(16-17)9-13-5-8(12)6-14-9/h5-6H,3-4,7H2,1-2H3. The number of hydrogen-bond donors (Lipinski definition) is 0. The molecule has 114 valence electrons. The quantitative estimate of drug-likeness (QED) is 0.701. The average molecular weight is 376 g/mol. The van der Waals surface area contributed by atoms with Crippen molar-refractivity contribution in [1.29, 1.82) is 0 Å². The lowest BCUT2D eigenvalue weighted by Crippen LogP contribution is -2.13. The highest BCUT2D eigenvalue weighted by atomic mass is 79.9. The molecule has 0 amide bonds. The molecule has 0 spiro atoms. The number of aromatic nitrogens is 5. The molecule has 2 heterocycles. The smallest absolute Gasteiger partial charge is 0.248 e. The number of hydrogen-bond acceptors (Lipinski definition) is 7. The monoisotopic (exact) mass is 375 g/mol. The highest BCUT2D eigenvalue weighted by Crippen LogP contribution is 2.15. The molecule has 2 rings (SSSR count). The van der Waals surface area contributed by atoms with Crippen molar-refractivity contribution in [3.63, 3.8) is 0 Å². The highest BCUT2D eigenvalue weighted by molar-refractivity contribution is 9.10. The van der Waals surface area contributed by atoms with Crippen LogP contribution in [0.4, 0.5) is 0 Å². The Morgan fingerprint density at radius 3 is 2.52 bits per heavy atom. The molecule has 10 heteroatoms. The van der Waals surface area contributed by atoms with Gasteiger partial charge in [-0.1, -0.05) is 6.92 Å². The van der Waals surface area contributed by atoms with Gasteiger partial charge in [-0.15, -0.1) is 5.10 Å². The first-order chi connectivity index (χ1) is 9.91. The van der Waals surface area contributed by atoms with Crippen LogP contribution in [0, 0.1) is 0 Å². The number of nitrogens with zero attached hydrogens (tertiary/aromatic N) is 5. The Morgan fingerprint density at radius 1 is 1.29 bits per heavy atom. The summed E-state index contributed by atoms with van der Waals surface area (Å²) in [5, 5.41) is 3.94. The Kier molecular flexibility index (Phi) is 5.01. The third-order valence-electron chi connectivity index (χ3n) is 2.35. The van der Waals surface area contributed by atoms with Crippen LogP contribution >= 0.6 is 15.9 Å². The Labute approximate surface area is 130 Å². The van der Waals surface area contributed by atoms with Crippen molar-refractivity contribution in [1.82, 2.24) is 24.7 Å². The molecule has 0 aliphatic rings. The van der Waals surface area contributed by atoms with Crippen molar-refractivity contribution in [2.24, 2.45) is 0 Å². The zero-order valence-corrected chi connectivity index (χ0v) is 13.9. The van der Waals surface area contributed by atoms with Crippen LogP contribution in [0.1, 0.15) is 13.3 Å². The number of rotatable bonds is 6. The van der Waals surface area contributed by atoms with Crippen molar-refractivity contribution < 1.29 is 13.2 Å². The lowest BCUT2D eigenvalue weighted by Gasteiger charge is -2.04. The molecule has 0 N–H and O–H groups in total. The molecule has 0 aliphatic carbocycles. The van der Waals surface area contributed by atoms with Crippen molar-refractivity contribution in [3.05, 3.63) is 16.9 Å². The van der Waals surface area contributed by atoms with E-state index < -0.39 is 9.84 Å². The summed E-state index contributed by atoms with van der Waals surface area (Å²) in [4.78, 5) is 12.1. The second-order valence-electron chi connectivity index (χ2n) is 4.25. The summed E-state index contributed by atoms with van der Waals surface area (Å²) in [5.41, 5.74) is 0. The Morgan fingerprint density at radius 2 is 1.95 bits per heavy atom. The summed E-state index contributed by atoms with van der Waals surface area (Å²) in [5.74, 6) is 0.389. The normalized spacial score (nSPS) is 11.8. The van der Waals surface area contributed by atoms with Gasteiger partial charge in [0.1, 0.15) is 6.73 Å². The van der Waals surface area contributed by atoms with Gasteiger partial charge in [-0.2, -0.15) is 4.98 Å². The molecule has 0 fully saturated rings. The molecule has 8 nitrogen and oxygen atoms in total. The number of halogens is 1. The summed E-state index contributed by atoms with van der Waals surface area (Å²) in [6.07, 6.45) is 4.97. The first-order valence-electron chi connectivity index (χ1n) is 6.12. The Bertz CT molecular complexity index is 714. The summed E-state index contributed by atoms with van der Waals surface area (Å²) < 4.78 is 30.7. The lowest BCUT2D eigenvalue weighted by molar-refractivity contribution is 0.0627. The van der Waals surface area contributed by atoms with Gasteiger partial charge in [0.25, 0.3) is 0 Å². The first-order valence-corrected chi connectivity index (χ1v) is 8.81. The van der Waals surface area contributed by atoms with Crippen LogP contribution in [0.15, 0.2) is 22.0 Å². The fourth-order valence-corrected chi connectivity index (χ4v) is 2.44. The van der Waals surface area contributed by atoms with Gasteiger partial charge in [0.15, 0.2) is 5.82 Å². The second kappa shape index (κ2) is 6.58. The molecule has 0 aromatic carbocycles. The van der Waals surface area contributed by atoms with Crippen LogP contribution in [0.2, 0.25) is 0 Å².